The number of hydrogen-bond donors (Lipinski definition) is 0. The van der Waals surface area contributed by atoms with Crippen LogP contribution in [0.3, 0.4) is 0 Å². The third-order valence-corrected chi connectivity index (χ3v) is 3.82. The van der Waals surface area contributed by atoms with Crippen molar-refractivity contribution in [2.45, 2.75) is 32.7 Å². The van der Waals surface area contributed by atoms with Crippen LogP contribution in [0.25, 0.3) is 0 Å². The van der Waals surface area contributed by atoms with Crippen LogP contribution in [-0.2, 0) is 0 Å². The van der Waals surface area contributed by atoms with Crippen molar-refractivity contribution >= 4 is 6.01 Å². The van der Waals surface area contributed by atoms with Crippen molar-refractivity contribution < 1.29 is 9.15 Å². The Morgan fingerprint density at radius 2 is 2.15 bits per heavy atom. The van der Waals surface area contributed by atoms with E-state index in [4.69, 9.17) is 9.15 Å². The molecule has 0 bridgehead atoms. The van der Waals surface area contributed by atoms with Gasteiger partial charge in [0.25, 0.3) is 0 Å². The zero-order chi connectivity index (χ0) is 14.1. The summed E-state index contributed by atoms with van der Waals surface area (Å²) in [5, 5.41) is 8.07. The molecular formula is C15H19N3O2. The third-order valence-electron chi connectivity index (χ3n) is 3.82. The zero-order valence-electron chi connectivity index (χ0n) is 12.1. The Labute approximate surface area is 118 Å². The minimum absolute atomic E-state index is 0.305. The summed E-state index contributed by atoms with van der Waals surface area (Å²) in [5.74, 6) is 1.53. The van der Waals surface area contributed by atoms with Crippen molar-refractivity contribution in [1.29, 1.82) is 0 Å². The standard InChI is InChI=1S/C15H19N3O2/c1-10-9-12(6-7-14(10)19-3)13-5-4-8-18(13)15-17-16-11(2)20-15/h6-7,9,13H,4-5,8H2,1-3H3. The van der Waals surface area contributed by atoms with Crippen LogP contribution in [0.1, 0.15) is 35.9 Å². The number of aromatic nitrogens is 2. The van der Waals surface area contributed by atoms with Crippen molar-refractivity contribution in [3.05, 3.63) is 35.2 Å². The predicted molar refractivity (Wildman–Crippen MR) is 76.1 cm³/mol. The lowest BCUT2D eigenvalue weighted by Crippen LogP contribution is -2.22. The monoisotopic (exact) mass is 273 g/mol. The summed E-state index contributed by atoms with van der Waals surface area (Å²) < 4.78 is 10.9. The summed E-state index contributed by atoms with van der Waals surface area (Å²) in [5.41, 5.74) is 2.43. The van der Waals surface area contributed by atoms with Crippen molar-refractivity contribution in [3.8, 4) is 5.75 Å². The molecule has 1 saturated heterocycles. The molecule has 3 rings (SSSR count). The summed E-state index contributed by atoms with van der Waals surface area (Å²) in [7, 11) is 1.70. The Bertz CT molecular complexity index is 609. The number of rotatable bonds is 3. The molecule has 1 aromatic heterocycles. The number of benzene rings is 1. The molecule has 2 heterocycles. The quantitative estimate of drug-likeness (QED) is 0.860. The molecule has 0 amide bonds. The summed E-state index contributed by atoms with van der Waals surface area (Å²) >= 11 is 0. The second kappa shape index (κ2) is 5.15. The molecule has 5 nitrogen and oxygen atoms in total. The molecule has 1 unspecified atom stereocenters. The predicted octanol–water partition coefficient (Wildman–Crippen LogP) is 3.04. The van der Waals surface area contributed by atoms with E-state index in [1.165, 1.54) is 5.56 Å². The van der Waals surface area contributed by atoms with Gasteiger partial charge in [0.1, 0.15) is 5.75 Å². The fraction of sp³-hybridized carbons (Fsp3) is 0.467. The maximum absolute atomic E-state index is 5.57. The smallest absolute Gasteiger partial charge is 0.318 e. The van der Waals surface area contributed by atoms with Gasteiger partial charge in [-0.05, 0) is 37.0 Å². The highest BCUT2D eigenvalue weighted by Gasteiger charge is 2.29. The summed E-state index contributed by atoms with van der Waals surface area (Å²) in [6, 6.07) is 7.27. The highest BCUT2D eigenvalue weighted by molar-refractivity contribution is 5.42. The molecule has 5 heteroatoms. The molecule has 0 aliphatic carbocycles. The van der Waals surface area contributed by atoms with Gasteiger partial charge in [0.05, 0.1) is 13.2 Å². The van der Waals surface area contributed by atoms with Crippen LogP contribution in [0.2, 0.25) is 0 Å². The Morgan fingerprint density at radius 1 is 1.30 bits per heavy atom. The topological polar surface area (TPSA) is 51.4 Å². The van der Waals surface area contributed by atoms with E-state index in [1.54, 1.807) is 7.11 Å². The van der Waals surface area contributed by atoms with Crippen molar-refractivity contribution in [2.75, 3.05) is 18.6 Å². The lowest BCUT2D eigenvalue weighted by Gasteiger charge is -2.23. The second-order valence-corrected chi connectivity index (χ2v) is 5.18. The van der Waals surface area contributed by atoms with Crippen molar-refractivity contribution in [2.24, 2.45) is 0 Å². The zero-order valence-corrected chi connectivity index (χ0v) is 12.1. The van der Waals surface area contributed by atoms with E-state index in [0.717, 1.165) is 30.7 Å². The second-order valence-electron chi connectivity index (χ2n) is 5.18. The Balaban J connectivity index is 1.90. The maximum Gasteiger partial charge on any atom is 0.318 e. The van der Waals surface area contributed by atoms with Gasteiger partial charge in [0, 0.05) is 13.5 Å². The molecule has 0 spiro atoms. The van der Waals surface area contributed by atoms with Crippen LogP contribution >= 0.6 is 0 Å². The molecule has 2 aromatic rings. The SMILES string of the molecule is COc1ccc(C2CCCN2c2nnc(C)o2)cc1C. The van der Waals surface area contributed by atoms with E-state index in [9.17, 15) is 0 Å². The largest absolute Gasteiger partial charge is 0.496 e. The molecule has 0 N–H and O–H groups in total. The summed E-state index contributed by atoms with van der Waals surface area (Å²) in [4.78, 5) is 2.20. The lowest BCUT2D eigenvalue weighted by atomic mass is 10.0. The van der Waals surface area contributed by atoms with Gasteiger partial charge in [-0.15, -0.1) is 5.10 Å². The molecule has 1 aromatic carbocycles. The van der Waals surface area contributed by atoms with E-state index in [2.05, 4.69) is 34.2 Å². The first-order valence-corrected chi connectivity index (χ1v) is 6.90. The average molecular weight is 273 g/mol. The van der Waals surface area contributed by atoms with E-state index in [-0.39, 0.29) is 0 Å². The molecule has 0 saturated carbocycles. The Morgan fingerprint density at radius 3 is 2.80 bits per heavy atom. The fourth-order valence-electron chi connectivity index (χ4n) is 2.85. The first kappa shape index (κ1) is 13.0. The molecule has 1 aliphatic heterocycles. The van der Waals surface area contributed by atoms with E-state index in [1.807, 2.05) is 13.0 Å². The Kier molecular flexibility index (Phi) is 3.34. The highest BCUT2D eigenvalue weighted by atomic mass is 16.5. The molecule has 1 atom stereocenters. The van der Waals surface area contributed by atoms with Gasteiger partial charge in [0.15, 0.2) is 0 Å². The van der Waals surface area contributed by atoms with Gasteiger partial charge in [0.2, 0.25) is 5.89 Å². The normalized spacial score (nSPS) is 18.6. The van der Waals surface area contributed by atoms with Gasteiger partial charge < -0.3 is 14.1 Å². The minimum Gasteiger partial charge on any atom is -0.496 e. The number of ether oxygens (including phenoxy) is 1. The van der Waals surface area contributed by atoms with Crippen LogP contribution < -0.4 is 9.64 Å². The number of anilines is 1. The van der Waals surface area contributed by atoms with Gasteiger partial charge in [-0.3, -0.25) is 0 Å². The number of hydrogen-bond acceptors (Lipinski definition) is 5. The van der Waals surface area contributed by atoms with Crippen molar-refractivity contribution in [1.82, 2.24) is 10.2 Å². The molecular weight excluding hydrogens is 254 g/mol. The van der Waals surface area contributed by atoms with Crippen LogP contribution in [0.5, 0.6) is 5.75 Å². The van der Waals surface area contributed by atoms with E-state index in [0.29, 0.717) is 17.9 Å². The molecule has 0 radical (unpaired) electrons. The summed E-state index contributed by atoms with van der Waals surface area (Å²) in [6.07, 6.45) is 2.24. The van der Waals surface area contributed by atoms with Gasteiger partial charge >= 0.3 is 6.01 Å². The van der Waals surface area contributed by atoms with Crippen molar-refractivity contribution in [3.63, 3.8) is 0 Å². The van der Waals surface area contributed by atoms with Crippen LogP contribution in [0, 0.1) is 13.8 Å². The molecule has 1 fully saturated rings. The first-order chi connectivity index (χ1) is 9.69. The van der Waals surface area contributed by atoms with Crippen LogP contribution in [0.4, 0.5) is 6.01 Å². The minimum atomic E-state index is 0.305. The van der Waals surface area contributed by atoms with Gasteiger partial charge in [-0.1, -0.05) is 17.2 Å². The molecule has 20 heavy (non-hydrogen) atoms. The van der Waals surface area contributed by atoms with E-state index < -0.39 is 0 Å². The number of nitrogens with zero attached hydrogens (tertiary/aromatic N) is 3. The third kappa shape index (κ3) is 2.24. The number of methoxy groups -OCH3 is 1. The Hall–Kier alpha value is -2.04. The van der Waals surface area contributed by atoms with Crippen LogP contribution in [-0.4, -0.2) is 23.9 Å². The average Bonchev–Trinajstić information content (AvgIpc) is 3.06. The van der Waals surface area contributed by atoms with Crippen LogP contribution in [0.15, 0.2) is 22.6 Å². The fourth-order valence-corrected chi connectivity index (χ4v) is 2.85. The number of aryl methyl sites for hydroxylation is 2. The van der Waals surface area contributed by atoms with Gasteiger partial charge in [-0.25, -0.2) is 0 Å². The maximum atomic E-state index is 5.57. The first-order valence-electron chi connectivity index (χ1n) is 6.90. The molecule has 1 aliphatic rings. The molecule has 106 valence electrons. The highest BCUT2D eigenvalue weighted by Crippen LogP contribution is 2.36. The van der Waals surface area contributed by atoms with Gasteiger partial charge in [-0.2, -0.15) is 0 Å². The van der Waals surface area contributed by atoms with E-state index >= 15 is 0 Å². The lowest BCUT2D eigenvalue weighted by molar-refractivity contribution is 0.411. The summed E-state index contributed by atoms with van der Waals surface area (Å²) in [6.45, 7) is 4.84.